The van der Waals surface area contributed by atoms with E-state index in [9.17, 15) is 25.2 Å². The van der Waals surface area contributed by atoms with Gasteiger partial charge >= 0.3 is 126 Å². The van der Waals surface area contributed by atoms with Gasteiger partial charge in [0.2, 0.25) is 0 Å². The molecule has 1 radical (unpaired) electrons. The Hall–Kier alpha value is -1.39. The number of anilines is 1. The first-order chi connectivity index (χ1) is 10.5. The third-order valence-electron chi connectivity index (χ3n) is 3.45. The molecule has 0 amide bonds. The zero-order valence-electron chi connectivity index (χ0n) is 11.6. The molecule has 0 bridgehead atoms. The Labute approximate surface area is 127 Å². The van der Waals surface area contributed by atoms with Gasteiger partial charge in [0.15, 0.2) is 0 Å². The number of aromatic nitrogens is 2. The molecule has 0 saturated carbocycles. The van der Waals surface area contributed by atoms with Gasteiger partial charge in [-0.2, -0.15) is 0 Å². The number of hydrogen-bond donors (Lipinski definition) is 5. The molecule has 11 heteroatoms. The second kappa shape index (κ2) is 7.25. The molecule has 1 saturated heterocycles. The maximum atomic E-state index is 12.0. The van der Waals surface area contributed by atoms with Crippen LogP contribution >= 0.6 is 0 Å². The van der Waals surface area contributed by atoms with E-state index in [1.807, 2.05) is 0 Å². The van der Waals surface area contributed by atoms with Crippen LogP contribution < -0.4 is 10.9 Å². The van der Waals surface area contributed by atoms with Crippen molar-refractivity contribution in [2.75, 3.05) is 11.8 Å². The van der Waals surface area contributed by atoms with Crippen LogP contribution in [0.25, 0.3) is 0 Å². The molecule has 117 valence electrons. The number of aliphatic hydroxyl groups excluding tert-OH is 4. The van der Waals surface area contributed by atoms with Crippen molar-refractivity contribution >= 4 is 20.1 Å². The maximum absolute atomic E-state index is 12.0. The summed E-state index contributed by atoms with van der Waals surface area (Å²) >= 11 is 0. The van der Waals surface area contributed by atoms with E-state index in [1.165, 1.54) is 12.3 Å². The molecule has 0 spiro atoms. The van der Waals surface area contributed by atoms with E-state index in [-0.39, 0.29) is 12.2 Å². The summed E-state index contributed by atoms with van der Waals surface area (Å²) in [5.41, 5.74) is -0.674. The fourth-order valence-corrected chi connectivity index (χ4v) is 2.26. The van der Waals surface area contributed by atoms with Crippen molar-refractivity contribution in [3.8, 4) is 0 Å². The van der Waals surface area contributed by atoms with Crippen molar-refractivity contribution in [1.29, 1.82) is 0 Å². The standard InChI is InChI=1S/C11H16B2N3O6/c12-13-15-7-1-2-16(11(21)14-7)8-3-5(18)9(19)10(20)6(4-17)22-8/h1-2,5-6,8-10,17-20H,3-4H2,(H,14,15,21)/t5-,6+,8-,9+,10-/m0/s1. The molecule has 1 aliphatic rings. The van der Waals surface area contributed by atoms with Crippen LogP contribution in [0, 0.1) is 0 Å². The molecular formula is C11H16B2N3O6. The number of ether oxygens (including phenoxy) is 1. The topological polar surface area (TPSA) is 137 Å². The average molecular weight is 308 g/mol. The Morgan fingerprint density at radius 2 is 2.18 bits per heavy atom. The molecule has 5 atom stereocenters. The summed E-state index contributed by atoms with van der Waals surface area (Å²) < 4.78 is 6.53. The van der Waals surface area contributed by atoms with Gasteiger partial charge in [-0.3, -0.25) is 0 Å². The van der Waals surface area contributed by atoms with E-state index < -0.39 is 42.9 Å². The minimum absolute atomic E-state index is 0.147. The fourth-order valence-electron chi connectivity index (χ4n) is 2.26. The second-order valence-electron chi connectivity index (χ2n) is 4.91. The normalized spacial score (nSPS) is 32.0. The van der Waals surface area contributed by atoms with Crippen molar-refractivity contribution in [1.82, 2.24) is 9.55 Å². The van der Waals surface area contributed by atoms with Gasteiger partial charge < -0.3 is 0 Å². The number of aliphatic hydroxyl groups is 4. The molecular weight excluding hydrogens is 292 g/mol. The zero-order chi connectivity index (χ0) is 16.3. The number of nitrogens with zero attached hydrogens (tertiary/aromatic N) is 2. The Balaban J connectivity index is 2.30. The molecule has 2 rings (SSSR count). The average Bonchev–Trinajstić information content (AvgIpc) is 2.59. The minimum atomic E-state index is -1.49. The Morgan fingerprint density at radius 1 is 1.45 bits per heavy atom. The van der Waals surface area contributed by atoms with Crippen LogP contribution in [-0.4, -0.2) is 75.3 Å². The van der Waals surface area contributed by atoms with Gasteiger partial charge in [-0.25, -0.2) is 0 Å². The first kappa shape index (κ1) is 17.0. The van der Waals surface area contributed by atoms with Gasteiger partial charge in [-0.05, 0) is 0 Å². The van der Waals surface area contributed by atoms with E-state index >= 15 is 0 Å². The van der Waals surface area contributed by atoms with Crippen LogP contribution in [0.15, 0.2) is 17.1 Å². The molecule has 1 fully saturated rings. The molecule has 1 aromatic heterocycles. The fraction of sp³-hybridized carbons (Fsp3) is 0.636. The molecule has 0 aliphatic carbocycles. The molecule has 2 heterocycles. The predicted octanol–water partition coefficient (Wildman–Crippen LogP) is -3.28. The number of nitrogens with one attached hydrogen (secondary N) is 1. The van der Waals surface area contributed by atoms with Crippen molar-refractivity contribution < 1.29 is 25.2 Å². The summed E-state index contributed by atoms with van der Waals surface area (Å²) in [5, 5.41) is 41.2. The van der Waals surface area contributed by atoms with Crippen molar-refractivity contribution in [3.05, 3.63) is 22.7 Å². The first-order valence-corrected chi connectivity index (χ1v) is 6.67. The van der Waals surface area contributed by atoms with Crippen LogP contribution in [0.2, 0.25) is 0 Å². The van der Waals surface area contributed by atoms with Gasteiger partial charge in [-0.15, -0.1) is 0 Å². The summed E-state index contributed by atoms with van der Waals surface area (Å²) in [4.78, 5) is 15.7. The van der Waals surface area contributed by atoms with Gasteiger partial charge in [0, 0.05) is 0 Å². The number of rotatable bonds is 4. The first-order valence-electron chi connectivity index (χ1n) is 6.67. The molecule has 9 nitrogen and oxygen atoms in total. The molecule has 0 unspecified atom stereocenters. The molecule has 1 aromatic rings. The summed E-state index contributed by atoms with van der Waals surface area (Å²) in [5.74, 6) is 0.233. The third kappa shape index (κ3) is 3.50. The Morgan fingerprint density at radius 3 is 2.77 bits per heavy atom. The second-order valence-corrected chi connectivity index (χ2v) is 4.91. The summed E-state index contributed by atoms with van der Waals surface area (Å²) in [6.45, 7) is 0.540. The quantitative estimate of drug-likeness (QED) is 0.365. The summed E-state index contributed by atoms with van der Waals surface area (Å²) in [6.07, 6.45) is -5.18. The van der Waals surface area contributed by atoms with Crippen molar-refractivity contribution in [2.45, 2.75) is 37.1 Å². The Bertz CT molecular complexity index is 585. The molecule has 22 heavy (non-hydrogen) atoms. The van der Waals surface area contributed by atoms with Gasteiger partial charge in [0.1, 0.15) is 0 Å². The van der Waals surface area contributed by atoms with Crippen molar-refractivity contribution in [2.24, 2.45) is 0 Å². The molecule has 5 N–H and O–H groups in total. The van der Waals surface area contributed by atoms with E-state index in [0.29, 0.717) is 0 Å². The van der Waals surface area contributed by atoms with Crippen LogP contribution in [0.5, 0.6) is 0 Å². The van der Waals surface area contributed by atoms with Crippen LogP contribution in [0.4, 0.5) is 5.82 Å². The summed E-state index contributed by atoms with van der Waals surface area (Å²) in [7, 11) is 5.17. The molecule has 1 aliphatic heterocycles. The van der Waals surface area contributed by atoms with E-state index in [4.69, 9.17) is 12.1 Å². The van der Waals surface area contributed by atoms with Crippen molar-refractivity contribution in [3.63, 3.8) is 0 Å². The van der Waals surface area contributed by atoms with Gasteiger partial charge in [0.25, 0.3) is 0 Å². The Kier molecular flexibility index (Phi) is 5.59. The third-order valence-corrected chi connectivity index (χ3v) is 3.45. The van der Waals surface area contributed by atoms with E-state index in [2.05, 4.69) is 10.2 Å². The van der Waals surface area contributed by atoms with Gasteiger partial charge in [-0.1, -0.05) is 0 Å². The van der Waals surface area contributed by atoms with Gasteiger partial charge in [0.05, 0.1) is 0 Å². The SMILES string of the molecule is [B]=BNc1ccn([C@@H]2C[C@H](O)[C@@H](O)[C@@H](O)[C@@H](CO)O2)c(=O)n1. The van der Waals surface area contributed by atoms with Crippen LogP contribution in [-0.2, 0) is 4.74 Å². The molecule has 0 aromatic carbocycles. The van der Waals surface area contributed by atoms with Crippen LogP contribution in [0.3, 0.4) is 0 Å². The van der Waals surface area contributed by atoms with Crippen LogP contribution in [0.1, 0.15) is 12.6 Å². The zero-order valence-corrected chi connectivity index (χ0v) is 11.6. The monoisotopic (exact) mass is 308 g/mol. The number of hydrogen-bond acceptors (Lipinski definition) is 8. The summed E-state index contributed by atoms with van der Waals surface area (Å²) in [6, 6.07) is 1.46. The van der Waals surface area contributed by atoms with E-state index in [0.717, 1.165) is 11.5 Å². The predicted molar refractivity (Wildman–Crippen MR) is 77.3 cm³/mol. The van der Waals surface area contributed by atoms with E-state index in [1.54, 1.807) is 0 Å².